The maximum absolute atomic E-state index is 10.8. The SMILES string of the molecule is CCc1c(C)ncnc1-n1cnc(C(=O)O)c1. The number of aryl methyl sites for hydroxylation is 1. The van der Waals surface area contributed by atoms with Crippen LogP contribution in [0.25, 0.3) is 5.82 Å². The number of imidazole rings is 1. The van der Waals surface area contributed by atoms with Crippen molar-refractivity contribution >= 4 is 5.97 Å². The monoisotopic (exact) mass is 232 g/mol. The molecule has 0 aliphatic heterocycles. The lowest BCUT2D eigenvalue weighted by atomic mass is 10.2. The van der Waals surface area contributed by atoms with Gasteiger partial charge in [-0.25, -0.2) is 19.7 Å². The molecule has 0 fully saturated rings. The Morgan fingerprint density at radius 1 is 1.41 bits per heavy atom. The summed E-state index contributed by atoms with van der Waals surface area (Å²) in [5, 5.41) is 8.82. The standard InChI is InChI=1S/C11H12N4O2/c1-3-8-7(2)12-5-13-10(8)15-4-9(11(16)17)14-6-15/h4-6H,3H2,1-2H3,(H,16,17). The smallest absolute Gasteiger partial charge is 0.356 e. The van der Waals surface area contributed by atoms with Crippen LogP contribution in [0, 0.1) is 6.92 Å². The molecule has 2 aromatic heterocycles. The van der Waals surface area contributed by atoms with Crippen LogP contribution in [0.2, 0.25) is 0 Å². The van der Waals surface area contributed by atoms with E-state index >= 15 is 0 Å². The molecule has 2 aromatic rings. The second kappa shape index (κ2) is 4.32. The Morgan fingerprint density at radius 3 is 2.76 bits per heavy atom. The maximum atomic E-state index is 10.8. The molecule has 0 unspecified atom stereocenters. The van der Waals surface area contributed by atoms with E-state index in [1.165, 1.54) is 18.9 Å². The summed E-state index contributed by atoms with van der Waals surface area (Å²) < 4.78 is 1.61. The van der Waals surface area contributed by atoms with E-state index in [0.29, 0.717) is 5.82 Å². The molecule has 0 saturated carbocycles. The van der Waals surface area contributed by atoms with E-state index in [-0.39, 0.29) is 5.69 Å². The lowest BCUT2D eigenvalue weighted by Crippen LogP contribution is -2.04. The van der Waals surface area contributed by atoms with Crippen molar-refractivity contribution in [2.45, 2.75) is 20.3 Å². The van der Waals surface area contributed by atoms with E-state index in [1.807, 2.05) is 13.8 Å². The molecule has 6 heteroatoms. The van der Waals surface area contributed by atoms with E-state index in [4.69, 9.17) is 5.11 Å². The van der Waals surface area contributed by atoms with Crippen LogP contribution in [0.4, 0.5) is 0 Å². The Kier molecular flexibility index (Phi) is 2.86. The zero-order valence-corrected chi connectivity index (χ0v) is 9.58. The molecule has 0 spiro atoms. The van der Waals surface area contributed by atoms with E-state index in [2.05, 4.69) is 15.0 Å². The van der Waals surface area contributed by atoms with Gasteiger partial charge in [0.25, 0.3) is 0 Å². The first-order valence-corrected chi connectivity index (χ1v) is 5.21. The van der Waals surface area contributed by atoms with Crippen molar-refractivity contribution in [1.29, 1.82) is 0 Å². The largest absolute Gasteiger partial charge is 0.476 e. The fraction of sp³-hybridized carbons (Fsp3) is 0.273. The molecule has 0 amide bonds. The predicted molar refractivity (Wildman–Crippen MR) is 60.2 cm³/mol. The van der Waals surface area contributed by atoms with Crippen LogP contribution in [0.3, 0.4) is 0 Å². The molecule has 2 rings (SSSR count). The van der Waals surface area contributed by atoms with Crippen LogP contribution in [0.1, 0.15) is 28.7 Å². The quantitative estimate of drug-likeness (QED) is 0.860. The fourth-order valence-corrected chi connectivity index (χ4v) is 1.67. The van der Waals surface area contributed by atoms with Gasteiger partial charge in [0.05, 0.1) is 0 Å². The summed E-state index contributed by atoms with van der Waals surface area (Å²) in [6.45, 7) is 3.91. The number of carboxylic acids is 1. The summed E-state index contributed by atoms with van der Waals surface area (Å²) in [5.41, 5.74) is 1.88. The zero-order chi connectivity index (χ0) is 12.4. The number of aromatic carboxylic acids is 1. The van der Waals surface area contributed by atoms with E-state index in [1.54, 1.807) is 4.57 Å². The van der Waals surface area contributed by atoms with Crippen LogP contribution in [-0.4, -0.2) is 30.6 Å². The molecule has 1 N–H and O–H groups in total. The average Bonchev–Trinajstić information content (AvgIpc) is 2.77. The molecule has 0 radical (unpaired) electrons. The van der Waals surface area contributed by atoms with Crippen LogP contribution in [0.5, 0.6) is 0 Å². The van der Waals surface area contributed by atoms with Gasteiger partial charge in [-0.3, -0.25) is 4.57 Å². The van der Waals surface area contributed by atoms with Crippen molar-refractivity contribution in [3.8, 4) is 5.82 Å². The van der Waals surface area contributed by atoms with Crippen molar-refractivity contribution < 1.29 is 9.90 Å². The molecule has 2 heterocycles. The molecule has 0 saturated heterocycles. The van der Waals surface area contributed by atoms with Gasteiger partial charge in [-0.15, -0.1) is 0 Å². The van der Waals surface area contributed by atoms with Gasteiger partial charge in [0, 0.05) is 17.5 Å². The maximum Gasteiger partial charge on any atom is 0.356 e. The van der Waals surface area contributed by atoms with Crippen molar-refractivity contribution in [3.63, 3.8) is 0 Å². The van der Waals surface area contributed by atoms with Gasteiger partial charge in [0.1, 0.15) is 18.5 Å². The topological polar surface area (TPSA) is 80.9 Å². The number of rotatable bonds is 3. The molecule has 0 bridgehead atoms. The first-order chi connectivity index (χ1) is 8.13. The highest BCUT2D eigenvalue weighted by Gasteiger charge is 2.12. The molecule has 0 aliphatic rings. The summed E-state index contributed by atoms with van der Waals surface area (Å²) in [6.07, 6.45) is 5.14. The molecule has 0 aromatic carbocycles. The Hall–Kier alpha value is -2.24. The first kappa shape index (κ1) is 11.3. The Morgan fingerprint density at radius 2 is 2.18 bits per heavy atom. The van der Waals surface area contributed by atoms with Crippen LogP contribution in [0.15, 0.2) is 18.9 Å². The number of aromatic nitrogens is 4. The second-order valence-electron chi connectivity index (χ2n) is 3.59. The normalized spacial score (nSPS) is 10.5. The number of carboxylic acid groups (broad SMARTS) is 1. The summed E-state index contributed by atoms with van der Waals surface area (Å²) in [5.74, 6) is -0.368. The van der Waals surface area contributed by atoms with Crippen molar-refractivity contribution in [2.75, 3.05) is 0 Å². The Bertz CT molecular complexity index is 562. The number of nitrogens with zero attached hydrogens (tertiary/aromatic N) is 4. The Labute approximate surface area is 98.0 Å². The van der Waals surface area contributed by atoms with Crippen LogP contribution >= 0.6 is 0 Å². The molecule has 6 nitrogen and oxygen atoms in total. The highest BCUT2D eigenvalue weighted by atomic mass is 16.4. The number of hydrogen-bond donors (Lipinski definition) is 1. The third-order valence-electron chi connectivity index (χ3n) is 2.54. The Balaban J connectivity index is 2.52. The third-order valence-corrected chi connectivity index (χ3v) is 2.54. The summed E-state index contributed by atoms with van der Waals surface area (Å²) in [4.78, 5) is 22.8. The van der Waals surface area contributed by atoms with Gasteiger partial charge in [0.15, 0.2) is 5.69 Å². The minimum absolute atomic E-state index is 0.00307. The minimum Gasteiger partial charge on any atom is -0.476 e. The van der Waals surface area contributed by atoms with Gasteiger partial charge in [0.2, 0.25) is 0 Å². The number of hydrogen-bond acceptors (Lipinski definition) is 4. The lowest BCUT2D eigenvalue weighted by Gasteiger charge is -2.08. The third kappa shape index (κ3) is 2.01. The van der Waals surface area contributed by atoms with E-state index < -0.39 is 5.97 Å². The summed E-state index contributed by atoms with van der Waals surface area (Å²) in [6, 6.07) is 0. The highest BCUT2D eigenvalue weighted by Crippen LogP contribution is 2.15. The molecular formula is C11H12N4O2. The van der Waals surface area contributed by atoms with Crippen LogP contribution in [-0.2, 0) is 6.42 Å². The fourth-order valence-electron chi connectivity index (χ4n) is 1.67. The minimum atomic E-state index is -1.05. The predicted octanol–water partition coefficient (Wildman–Crippen LogP) is 1.23. The average molecular weight is 232 g/mol. The van der Waals surface area contributed by atoms with Gasteiger partial charge in [-0.2, -0.15) is 0 Å². The highest BCUT2D eigenvalue weighted by molar-refractivity contribution is 5.85. The summed E-state index contributed by atoms with van der Waals surface area (Å²) >= 11 is 0. The van der Waals surface area contributed by atoms with Gasteiger partial charge >= 0.3 is 5.97 Å². The van der Waals surface area contributed by atoms with Gasteiger partial charge in [-0.05, 0) is 13.3 Å². The van der Waals surface area contributed by atoms with Gasteiger partial charge < -0.3 is 5.11 Å². The van der Waals surface area contributed by atoms with Crippen molar-refractivity contribution in [1.82, 2.24) is 19.5 Å². The first-order valence-electron chi connectivity index (χ1n) is 5.21. The van der Waals surface area contributed by atoms with Crippen LogP contribution < -0.4 is 0 Å². The molecule has 0 atom stereocenters. The van der Waals surface area contributed by atoms with Crippen molar-refractivity contribution in [2.24, 2.45) is 0 Å². The molecular weight excluding hydrogens is 220 g/mol. The second-order valence-corrected chi connectivity index (χ2v) is 3.59. The summed E-state index contributed by atoms with van der Waals surface area (Å²) in [7, 11) is 0. The lowest BCUT2D eigenvalue weighted by molar-refractivity contribution is 0.0691. The molecule has 17 heavy (non-hydrogen) atoms. The van der Waals surface area contributed by atoms with Gasteiger partial charge in [-0.1, -0.05) is 6.92 Å². The van der Waals surface area contributed by atoms with Crippen molar-refractivity contribution in [3.05, 3.63) is 35.8 Å². The van der Waals surface area contributed by atoms with E-state index in [9.17, 15) is 4.79 Å². The van der Waals surface area contributed by atoms with E-state index in [0.717, 1.165) is 17.7 Å². The zero-order valence-electron chi connectivity index (χ0n) is 9.58. The molecule has 88 valence electrons. The molecule has 0 aliphatic carbocycles. The number of carbonyl (C=O) groups is 1.